The van der Waals surface area contributed by atoms with E-state index in [0.29, 0.717) is 25.2 Å². The number of hydrogen-bond acceptors (Lipinski definition) is 4. The van der Waals surface area contributed by atoms with Gasteiger partial charge in [0.1, 0.15) is 0 Å². The first-order valence-electron chi connectivity index (χ1n) is 8.95. The first-order chi connectivity index (χ1) is 14.0. The van der Waals surface area contributed by atoms with Crippen molar-refractivity contribution in [3.8, 4) is 0 Å². The van der Waals surface area contributed by atoms with Gasteiger partial charge in [-0.15, -0.1) is 0 Å². The number of urea groups is 1. The van der Waals surface area contributed by atoms with E-state index >= 15 is 0 Å². The normalized spacial score (nSPS) is 10.4. The van der Waals surface area contributed by atoms with Gasteiger partial charge in [0.2, 0.25) is 0 Å². The second kappa shape index (κ2) is 9.66. The molecule has 1 aromatic heterocycles. The fourth-order valence-electron chi connectivity index (χ4n) is 2.79. The van der Waals surface area contributed by atoms with Crippen LogP contribution in [-0.4, -0.2) is 27.4 Å². The highest BCUT2D eigenvalue weighted by Crippen LogP contribution is 2.27. The summed E-state index contributed by atoms with van der Waals surface area (Å²) in [6, 6.07) is 17.2. The molecule has 0 saturated heterocycles. The number of aromatic nitrogens is 1. The number of halogens is 1. The molecule has 1 N–H and O–H groups in total. The maximum atomic E-state index is 12.9. The average Bonchev–Trinajstić information content (AvgIpc) is 2.73. The smallest absolute Gasteiger partial charge is 0.320 e. The summed E-state index contributed by atoms with van der Waals surface area (Å²) in [5.74, 6) is 0. The summed E-state index contributed by atoms with van der Waals surface area (Å²) in [5, 5.41) is 13.7. The van der Waals surface area contributed by atoms with E-state index in [1.165, 1.54) is 18.2 Å². The fourth-order valence-corrected chi connectivity index (χ4v) is 3.01. The number of nitrogens with one attached hydrogen (secondary N) is 1. The van der Waals surface area contributed by atoms with Crippen molar-refractivity contribution in [2.24, 2.45) is 0 Å². The molecule has 0 fully saturated rings. The SMILES string of the molecule is O=C(Nc1ccc([N+](=O)[O-])cc1Cl)N(CCc1ccccc1)Cc1cccnc1. The molecule has 8 heteroatoms. The topological polar surface area (TPSA) is 88.4 Å². The van der Waals surface area contributed by atoms with Crippen LogP contribution in [0.3, 0.4) is 0 Å². The summed E-state index contributed by atoms with van der Waals surface area (Å²) in [4.78, 5) is 29.0. The first kappa shape index (κ1) is 20.3. The highest BCUT2D eigenvalue weighted by Gasteiger charge is 2.17. The van der Waals surface area contributed by atoms with Gasteiger partial charge >= 0.3 is 6.03 Å². The predicted molar refractivity (Wildman–Crippen MR) is 112 cm³/mol. The summed E-state index contributed by atoms with van der Waals surface area (Å²) in [5.41, 5.74) is 2.19. The summed E-state index contributed by atoms with van der Waals surface area (Å²) in [6.07, 6.45) is 4.07. The Labute approximate surface area is 173 Å². The minimum absolute atomic E-state index is 0.108. The van der Waals surface area contributed by atoms with Gasteiger partial charge in [-0.1, -0.05) is 48.0 Å². The van der Waals surface area contributed by atoms with Crippen molar-refractivity contribution in [1.29, 1.82) is 0 Å². The van der Waals surface area contributed by atoms with Crippen LogP contribution in [0.5, 0.6) is 0 Å². The Bertz CT molecular complexity index is 984. The lowest BCUT2D eigenvalue weighted by atomic mass is 10.1. The molecule has 0 spiro atoms. The number of nitro groups is 1. The Morgan fingerprint density at radius 3 is 2.52 bits per heavy atom. The number of non-ortho nitro benzene ring substituents is 1. The minimum atomic E-state index is -0.536. The van der Waals surface area contributed by atoms with Crippen molar-refractivity contribution in [2.45, 2.75) is 13.0 Å². The summed E-state index contributed by atoms with van der Waals surface area (Å²) in [7, 11) is 0. The molecule has 0 aliphatic carbocycles. The van der Waals surface area contributed by atoms with Crippen molar-refractivity contribution in [1.82, 2.24) is 9.88 Å². The molecule has 0 saturated carbocycles. The van der Waals surface area contributed by atoms with Crippen molar-refractivity contribution in [2.75, 3.05) is 11.9 Å². The van der Waals surface area contributed by atoms with Crippen LogP contribution in [0.25, 0.3) is 0 Å². The van der Waals surface area contributed by atoms with E-state index in [1.54, 1.807) is 17.3 Å². The van der Waals surface area contributed by atoms with Gasteiger partial charge in [-0.3, -0.25) is 15.1 Å². The molecule has 0 aliphatic rings. The van der Waals surface area contributed by atoms with Crippen molar-refractivity contribution >= 4 is 29.0 Å². The molecule has 2 aromatic carbocycles. The standard InChI is InChI=1S/C21H19ClN4O3/c22-19-13-18(26(28)29)8-9-20(19)24-21(27)25(15-17-7-4-11-23-14-17)12-10-16-5-2-1-3-6-16/h1-9,11,13-14H,10,12,15H2,(H,24,27). The van der Waals surface area contributed by atoms with Gasteiger partial charge < -0.3 is 10.2 Å². The lowest BCUT2D eigenvalue weighted by Crippen LogP contribution is -2.36. The maximum absolute atomic E-state index is 12.9. The third-order valence-electron chi connectivity index (χ3n) is 4.30. The van der Waals surface area contributed by atoms with Crippen LogP contribution in [0.15, 0.2) is 73.1 Å². The first-order valence-corrected chi connectivity index (χ1v) is 9.33. The van der Waals surface area contributed by atoms with Crippen LogP contribution in [-0.2, 0) is 13.0 Å². The zero-order valence-corrected chi connectivity index (χ0v) is 16.2. The number of amides is 2. The molecule has 148 valence electrons. The third kappa shape index (κ3) is 5.76. The van der Waals surface area contributed by atoms with Crippen LogP contribution < -0.4 is 5.32 Å². The number of rotatable bonds is 7. The van der Waals surface area contributed by atoms with E-state index in [-0.39, 0.29) is 16.7 Å². The molecule has 0 atom stereocenters. The maximum Gasteiger partial charge on any atom is 0.322 e. The van der Waals surface area contributed by atoms with Gasteiger partial charge in [0, 0.05) is 37.6 Å². The number of nitrogens with zero attached hydrogens (tertiary/aromatic N) is 3. The number of pyridine rings is 1. The monoisotopic (exact) mass is 410 g/mol. The molecule has 29 heavy (non-hydrogen) atoms. The molecule has 7 nitrogen and oxygen atoms in total. The third-order valence-corrected chi connectivity index (χ3v) is 4.61. The zero-order chi connectivity index (χ0) is 20.6. The Hall–Kier alpha value is -3.45. The Balaban J connectivity index is 1.75. The fraction of sp³-hybridized carbons (Fsp3) is 0.143. The van der Waals surface area contributed by atoms with Crippen LogP contribution in [0.4, 0.5) is 16.2 Å². The predicted octanol–water partition coefficient (Wildman–Crippen LogP) is 4.92. The highest BCUT2D eigenvalue weighted by atomic mass is 35.5. The van der Waals surface area contributed by atoms with Gasteiger partial charge in [-0.25, -0.2) is 4.79 Å². The molecular formula is C21H19ClN4O3. The molecule has 3 rings (SSSR count). The molecule has 0 bridgehead atoms. The van der Waals surface area contributed by atoms with Gasteiger partial charge in [-0.2, -0.15) is 0 Å². The highest BCUT2D eigenvalue weighted by molar-refractivity contribution is 6.33. The van der Waals surface area contributed by atoms with Gasteiger partial charge in [0.25, 0.3) is 5.69 Å². The Morgan fingerprint density at radius 1 is 1.10 bits per heavy atom. The van der Waals surface area contributed by atoms with E-state index in [9.17, 15) is 14.9 Å². The van der Waals surface area contributed by atoms with Crippen LogP contribution in [0, 0.1) is 10.1 Å². The van der Waals surface area contributed by atoms with Crippen LogP contribution >= 0.6 is 11.6 Å². The molecule has 0 unspecified atom stereocenters. The zero-order valence-electron chi connectivity index (χ0n) is 15.5. The van der Waals surface area contributed by atoms with Crippen molar-refractivity contribution in [3.63, 3.8) is 0 Å². The van der Waals surface area contributed by atoms with E-state index < -0.39 is 4.92 Å². The summed E-state index contributed by atoms with van der Waals surface area (Å²) in [6.45, 7) is 0.854. The number of carbonyl (C=O) groups excluding carboxylic acids is 1. The molecule has 1 heterocycles. The second-order valence-electron chi connectivity index (χ2n) is 6.37. The van der Waals surface area contributed by atoms with Crippen molar-refractivity contribution in [3.05, 3.63) is 99.3 Å². The number of hydrogen-bond donors (Lipinski definition) is 1. The lowest BCUT2D eigenvalue weighted by Gasteiger charge is -2.23. The Kier molecular flexibility index (Phi) is 6.76. The van der Waals surface area contributed by atoms with Crippen LogP contribution in [0.2, 0.25) is 5.02 Å². The van der Waals surface area contributed by atoms with E-state index in [2.05, 4.69) is 10.3 Å². The van der Waals surface area contributed by atoms with Gasteiger partial charge in [-0.05, 0) is 29.7 Å². The molecule has 2 amide bonds. The van der Waals surface area contributed by atoms with Crippen molar-refractivity contribution < 1.29 is 9.72 Å². The Morgan fingerprint density at radius 2 is 1.86 bits per heavy atom. The average molecular weight is 411 g/mol. The lowest BCUT2D eigenvalue weighted by molar-refractivity contribution is -0.384. The van der Waals surface area contributed by atoms with Crippen LogP contribution in [0.1, 0.15) is 11.1 Å². The van der Waals surface area contributed by atoms with Gasteiger partial charge in [0.05, 0.1) is 15.6 Å². The second-order valence-corrected chi connectivity index (χ2v) is 6.78. The number of nitro benzene ring substituents is 1. The summed E-state index contributed by atoms with van der Waals surface area (Å²) >= 11 is 6.11. The quantitative estimate of drug-likeness (QED) is 0.442. The molecular weight excluding hydrogens is 392 g/mol. The number of anilines is 1. The number of carbonyl (C=O) groups is 1. The molecule has 0 radical (unpaired) electrons. The molecule has 3 aromatic rings. The van der Waals surface area contributed by atoms with E-state index in [1.807, 2.05) is 42.5 Å². The minimum Gasteiger partial charge on any atom is -0.320 e. The largest absolute Gasteiger partial charge is 0.322 e. The number of benzene rings is 2. The summed E-state index contributed by atoms with van der Waals surface area (Å²) < 4.78 is 0. The van der Waals surface area contributed by atoms with E-state index in [4.69, 9.17) is 11.6 Å². The van der Waals surface area contributed by atoms with E-state index in [0.717, 1.165) is 11.1 Å². The van der Waals surface area contributed by atoms with Gasteiger partial charge in [0.15, 0.2) is 0 Å². The molecule has 0 aliphatic heterocycles.